The number of rotatable bonds is 6. The maximum Gasteiger partial charge on any atom is 0.321 e. The number of alkyl halides is 1. The maximum absolute atomic E-state index is 13.7. The Hall–Kier alpha value is -3.20. The van der Waals surface area contributed by atoms with Gasteiger partial charge in [-0.1, -0.05) is 6.07 Å². The van der Waals surface area contributed by atoms with E-state index < -0.39 is 18.2 Å². The molecule has 1 aromatic carbocycles. The number of benzene rings is 1. The van der Waals surface area contributed by atoms with E-state index >= 15 is 0 Å². The minimum Gasteiger partial charge on any atom is -0.480 e. The molecule has 2 aromatic heterocycles. The smallest absolute Gasteiger partial charge is 0.321 e. The fourth-order valence-electron chi connectivity index (χ4n) is 3.91. The van der Waals surface area contributed by atoms with Crippen molar-refractivity contribution in [2.24, 2.45) is 0 Å². The first-order valence-electron chi connectivity index (χ1n) is 9.75. The van der Waals surface area contributed by atoms with Crippen LogP contribution in [0.1, 0.15) is 29.7 Å². The summed E-state index contributed by atoms with van der Waals surface area (Å²) in [6, 6.07) is 4.84. The van der Waals surface area contributed by atoms with Crippen molar-refractivity contribution in [2.75, 3.05) is 13.1 Å². The molecule has 0 amide bonds. The molecule has 0 saturated carbocycles. The lowest BCUT2D eigenvalue weighted by atomic mass is 10.0. The molecule has 0 unspecified atom stereocenters. The van der Waals surface area contributed by atoms with E-state index in [1.807, 2.05) is 25.1 Å². The minimum atomic E-state index is -1.15. The van der Waals surface area contributed by atoms with Crippen molar-refractivity contribution < 1.29 is 19.1 Å². The summed E-state index contributed by atoms with van der Waals surface area (Å²) in [6.07, 6.45) is 2.31. The largest absolute Gasteiger partial charge is 0.480 e. The van der Waals surface area contributed by atoms with Gasteiger partial charge in [-0.25, -0.2) is 14.4 Å². The van der Waals surface area contributed by atoms with Gasteiger partial charge in [-0.3, -0.25) is 19.2 Å². The highest BCUT2D eigenvalue weighted by Gasteiger charge is 2.36. The molecule has 1 N–H and O–H groups in total. The molecule has 0 spiro atoms. The summed E-state index contributed by atoms with van der Waals surface area (Å²) in [4.78, 5) is 33.6. The summed E-state index contributed by atoms with van der Waals surface area (Å²) >= 11 is 0. The average Bonchev–Trinajstić information content (AvgIpc) is 3.27. The van der Waals surface area contributed by atoms with E-state index in [0.29, 0.717) is 30.0 Å². The van der Waals surface area contributed by atoms with Crippen molar-refractivity contribution >= 4 is 22.7 Å². The van der Waals surface area contributed by atoms with Crippen LogP contribution in [0.2, 0.25) is 0 Å². The lowest BCUT2D eigenvalue weighted by Crippen LogP contribution is -2.38. The molecule has 1 saturated heterocycles. The Kier molecular flexibility index (Phi) is 5.29. The summed E-state index contributed by atoms with van der Waals surface area (Å²) in [5.74, 6) is -0.506. The predicted molar refractivity (Wildman–Crippen MR) is 108 cm³/mol. The maximum atomic E-state index is 13.7. The zero-order valence-corrected chi connectivity index (χ0v) is 16.7. The third-order valence-electron chi connectivity index (χ3n) is 5.43. The van der Waals surface area contributed by atoms with Crippen LogP contribution in [0.4, 0.5) is 4.39 Å². The predicted octanol–water partition coefficient (Wildman–Crippen LogP) is 2.50. The molecule has 9 heteroatoms. The molecular formula is C21H22FN5O3. The first-order chi connectivity index (χ1) is 14.3. The van der Waals surface area contributed by atoms with E-state index in [1.165, 1.54) is 6.92 Å². The number of aryl methyl sites for hydroxylation is 1. The number of aromatic nitrogens is 4. The van der Waals surface area contributed by atoms with Gasteiger partial charge in [0.25, 0.3) is 0 Å². The normalized spacial score (nSPS) is 19.4. The molecule has 2 atom stereocenters. The van der Waals surface area contributed by atoms with Gasteiger partial charge in [0.05, 0.1) is 12.1 Å². The van der Waals surface area contributed by atoms with Gasteiger partial charge >= 0.3 is 5.97 Å². The molecule has 1 aliphatic rings. The number of aliphatic carboxylic acids is 1. The van der Waals surface area contributed by atoms with E-state index in [4.69, 9.17) is 0 Å². The zero-order chi connectivity index (χ0) is 21.4. The Balaban J connectivity index is 1.65. The monoisotopic (exact) mass is 411 g/mol. The number of carbonyl (C=O) groups excluding carboxylic acids is 1. The van der Waals surface area contributed by atoms with Gasteiger partial charge in [0.1, 0.15) is 23.7 Å². The van der Waals surface area contributed by atoms with Crippen LogP contribution in [0.5, 0.6) is 0 Å². The number of carboxylic acids is 1. The van der Waals surface area contributed by atoms with E-state index in [2.05, 4.69) is 15.1 Å². The highest BCUT2D eigenvalue weighted by atomic mass is 19.1. The number of hydrogen-bond acceptors (Lipinski definition) is 6. The number of fused-ring (bicyclic) bond motifs is 1. The number of hydrogen-bond donors (Lipinski definition) is 1. The highest BCUT2D eigenvalue weighted by molar-refractivity contribution is 6.05. The number of nitrogens with zero attached hydrogens (tertiary/aromatic N) is 5. The number of carboxylic acid groups (broad SMARTS) is 1. The molecule has 30 heavy (non-hydrogen) atoms. The number of carbonyl (C=O) groups is 2. The molecule has 156 valence electrons. The second-order valence-corrected chi connectivity index (χ2v) is 7.56. The van der Waals surface area contributed by atoms with Crippen LogP contribution in [-0.4, -0.2) is 66.8 Å². The Morgan fingerprint density at radius 3 is 2.60 bits per heavy atom. The van der Waals surface area contributed by atoms with Crippen molar-refractivity contribution in [2.45, 2.75) is 39.0 Å². The first kappa shape index (κ1) is 20.1. The molecule has 0 aliphatic carbocycles. The van der Waals surface area contributed by atoms with Gasteiger partial charge in [0.2, 0.25) is 0 Å². The summed E-state index contributed by atoms with van der Waals surface area (Å²) in [7, 11) is 0. The van der Waals surface area contributed by atoms with Crippen LogP contribution in [0.3, 0.4) is 0 Å². The number of likely N-dealkylation sites (tertiary alicyclic amines) is 1. The Morgan fingerprint density at radius 2 is 1.93 bits per heavy atom. The molecule has 3 heterocycles. The molecule has 3 aromatic rings. The van der Waals surface area contributed by atoms with E-state index in [0.717, 1.165) is 16.6 Å². The highest BCUT2D eigenvalue weighted by Crippen LogP contribution is 2.27. The molecule has 0 bridgehead atoms. The lowest BCUT2D eigenvalue weighted by Gasteiger charge is -2.20. The summed E-state index contributed by atoms with van der Waals surface area (Å²) in [5, 5.41) is 14.5. The molecule has 4 rings (SSSR count). The standard InChI is InChI=1S/C21H22FN5O3/c1-12(28)20-17-7-14(15-9-23-13(2)24-10-15)3-4-18(17)27(25-20)6-5-26-11-16(22)8-19(26)21(29)30/h3-4,7,9-10,16,19H,5-6,8,11H2,1-2H3,(H,29,30)/t16-,19+/m1/s1. The summed E-state index contributed by atoms with van der Waals surface area (Å²) in [6.45, 7) is 4.05. The summed E-state index contributed by atoms with van der Waals surface area (Å²) < 4.78 is 15.4. The fraction of sp³-hybridized carbons (Fsp3) is 0.381. The Bertz CT molecular complexity index is 1110. The van der Waals surface area contributed by atoms with Crippen molar-refractivity contribution in [1.82, 2.24) is 24.6 Å². The van der Waals surface area contributed by atoms with Crippen LogP contribution in [0, 0.1) is 6.92 Å². The first-order valence-corrected chi connectivity index (χ1v) is 9.75. The molecular weight excluding hydrogens is 389 g/mol. The molecule has 1 fully saturated rings. The van der Waals surface area contributed by atoms with E-state index in [1.54, 1.807) is 22.0 Å². The SMILES string of the molecule is CC(=O)c1nn(CCN2C[C@H](F)C[C@H]2C(=O)O)c2ccc(-c3cnc(C)nc3)cc12. The third kappa shape index (κ3) is 3.80. The van der Waals surface area contributed by atoms with Gasteiger partial charge in [0, 0.05) is 49.8 Å². The van der Waals surface area contributed by atoms with Gasteiger partial charge in [-0.05, 0) is 24.6 Å². The topological polar surface area (TPSA) is 101 Å². The van der Waals surface area contributed by atoms with Gasteiger partial charge in [-0.2, -0.15) is 5.10 Å². The van der Waals surface area contributed by atoms with Gasteiger partial charge in [-0.15, -0.1) is 0 Å². The lowest BCUT2D eigenvalue weighted by molar-refractivity contribution is -0.142. The quantitative estimate of drug-likeness (QED) is 0.622. The minimum absolute atomic E-state index is 0.00410. The fourth-order valence-corrected chi connectivity index (χ4v) is 3.91. The van der Waals surface area contributed by atoms with Crippen LogP contribution in [0.25, 0.3) is 22.0 Å². The van der Waals surface area contributed by atoms with Crippen molar-refractivity contribution in [1.29, 1.82) is 0 Å². The number of Topliss-reactive ketones (excluding diaryl/α,β-unsaturated/α-hetero) is 1. The number of ketones is 1. The van der Waals surface area contributed by atoms with Crippen LogP contribution in [-0.2, 0) is 11.3 Å². The molecule has 8 nitrogen and oxygen atoms in total. The van der Waals surface area contributed by atoms with Crippen LogP contribution < -0.4 is 0 Å². The second-order valence-electron chi connectivity index (χ2n) is 7.56. The van der Waals surface area contributed by atoms with Crippen LogP contribution in [0.15, 0.2) is 30.6 Å². The van der Waals surface area contributed by atoms with E-state index in [-0.39, 0.29) is 18.7 Å². The molecule has 0 radical (unpaired) electrons. The third-order valence-corrected chi connectivity index (χ3v) is 5.43. The van der Waals surface area contributed by atoms with Crippen molar-refractivity contribution in [3.63, 3.8) is 0 Å². The molecule has 1 aliphatic heterocycles. The zero-order valence-electron chi connectivity index (χ0n) is 16.7. The number of halogens is 1. The average molecular weight is 411 g/mol. The second kappa shape index (κ2) is 7.91. The van der Waals surface area contributed by atoms with Crippen molar-refractivity contribution in [3.8, 4) is 11.1 Å². The Morgan fingerprint density at radius 1 is 1.20 bits per heavy atom. The Labute approximate surface area is 172 Å². The van der Waals surface area contributed by atoms with Crippen LogP contribution >= 0.6 is 0 Å². The summed E-state index contributed by atoms with van der Waals surface area (Å²) in [5.41, 5.74) is 2.81. The van der Waals surface area contributed by atoms with E-state index in [9.17, 15) is 19.1 Å². The van der Waals surface area contributed by atoms with Crippen molar-refractivity contribution in [3.05, 3.63) is 42.1 Å². The van der Waals surface area contributed by atoms with Gasteiger partial charge < -0.3 is 5.11 Å². The van der Waals surface area contributed by atoms with Gasteiger partial charge in [0.15, 0.2) is 5.78 Å².